The molecule has 16 heavy (non-hydrogen) atoms. The molecular formula is C7H6ClN3O2S3. The van der Waals surface area contributed by atoms with Crippen molar-refractivity contribution in [2.75, 3.05) is 4.72 Å². The number of anilines is 1. The van der Waals surface area contributed by atoms with Crippen LogP contribution in [-0.2, 0) is 10.0 Å². The van der Waals surface area contributed by atoms with Crippen LogP contribution in [0.1, 0.15) is 5.69 Å². The minimum Gasteiger partial charge on any atom is -0.254 e. The van der Waals surface area contributed by atoms with Crippen molar-refractivity contribution < 1.29 is 8.42 Å². The van der Waals surface area contributed by atoms with Crippen molar-refractivity contribution in [3.05, 3.63) is 21.7 Å². The zero-order valence-electron chi connectivity index (χ0n) is 7.97. The summed E-state index contributed by atoms with van der Waals surface area (Å²) in [7, 11) is -3.62. The molecule has 9 heteroatoms. The second kappa shape index (κ2) is 4.28. The molecule has 0 aliphatic carbocycles. The van der Waals surface area contributed by atoms with Crippen LogP contribution in [0.2, 0.25) is 4.47 Å². The first-order valence-corrected chi connectivity index (χ1v) is 7.60. The van der Waals surface area contributed by atoms with Crippen LogP contribution < -0.4 is 4.72 Å². The standard InChI is InChI=1S/C7H6ClN3O2S3/c1-4-5(15-6(8)10-4)16(12,13)11-7-9-2-3-14-7/h2-3H,1H3,(H,9,11). The van der Waals surface area contributed by atoms with E-state index in [1.807, 2.05) is 0 Å². The maximum atomic E-state index is 11.9. The molecule has 86 valence electrons. The van der Waals surface area contributed by atoms with Crippen LogP contribution in [-0.4, -0.2) is 18.4 Å². The zero-order chi connectivity index (χ0) is 11.8. The number of sulfonamides is 1. The minimum atomic E-state index is -3.62. The number of aryl methyl sites for hydroxylation is 1. The lowest BCUT2D eigenvalue weighted by atomic mass is 10.6. The van der Waals surface area contributed by atoms with Crippen molar-refractivity contribution in [2.45, 2.75) is 11.1 Å². The highest BCUT2D eigenvalue weighted by Crippen LogP contribution is 2.28. The Bertz CT molecular complexity index is 590. The summed E-state index contributed by atoms with van der Waals surface area (Å²) in [4.78, 5) is 7.70. The van der Waals surface area contributed by atoms with E-state index in [9.17, 15) is 8.42 Å². The Kier molecular flexibility index (Phi) is 3.15. The average molecular weight is 296 g/mol. The van der Waals surface area contributed by atoms with E-state index in [1.54, 1.807) is 12.3 Å². The van der Waals surface area contributed by atoms with Crippen molar-refractivity contribution in [3.8, 4) is 0 Å². The molecule has 0 radical (unpaired) electrons. The Balaban J connectivity index is 2.36. The van der Waals surface area contributed by atoms with Gasteiger partial charge >= 0.3 is 0 Å². The smallest absolute Gasteiger partial charge is 0.254 e. The Morgan fingerprint density at radius 1 is 1.50 bits per heavy atom. The predicted molar refractivity (Wildman–Crippen MR) is 64.8 cm³/mol. The fourth-order valence-corrected chi connectivity index (χ4v) is 4.56. The maximum Gasteiger partial charge on any atom is 0.275 e. The van der Waals surface area contributed by atoms with Gasteiger partial charge in [0.15, 0.2) is 13.8 Å². The summed E-state index contributed by atoms with van der Waals surface area (Å²) in [6, 6.07) is 0. The summed E-state index contributed by atoms with van der Waals surface area (Å²) < 4.78 is 26.5. The SMILES string of the molecule is Cc1nc(Cl)sc1S(=O)(=O)Nc1nccs1. The Morgan fingerprint density at radius 2 is 2.25 bits per heavy atom. The van der Waals surface area contributed by atoms with Crippen molar-refractivity contribution in [3.63, 3.8) is 0 Å². The van der Waals surface area contributed by atoms with Gasteiger partial charge in [-0.05, 0) is 6.92 Å². The molecule has 0 aliphatic rings. The van der Waals surface area contributed by atoms with E-state index in [0.29, 0.717) is 10.8 Å². The molecule has 0 saturated carbocycles. The van der Waals surface area contributed by atoms with Gasteiger partial charge in [0.1, 0.15) is 0 Å². The number of halogens is 1. The maximum absolute atomic E-state index is 11.9. The molecule has 0 aliphatic heterocycles. The molecule has 0 unspecified atom stereocenters. The van der Waals surface area contributed by atoms with Crippen LogP contribution in [0, 0.1) is 6.92 Å². The number of nitrogens with one attached hydrogen (secondary N) is 1. The van der Waals surface area contributed by atoms with Crippen molar-refractivity contribution >= 4 is 49.4 Å². The summed E-state index contributed by atoms with van der Waals surface area (Å²) in [6.07, 6.45) is 1.52. The van der Waals surface area contributed by atoms with Crippen molar-refractivity contribution in [2.24, 2.45) is 0 Å². The first-order valence-electron chi connectivity index (χ1n) is 4.04. The molecule has 0 saturated heterocycles. The first kappa shape index (κ1) is 11.8. The third kappa shape index (κ3) is 2.34. The van der Waals surface area contributed by atoms with Gasteiger partial charge in [-0.2, -0.15) is 0 Å². The Labute approximate surface area is 105 Å². The Hall–Kier alpha value is -0.700. The van der Waals surface area contributed by atoms with Crippen molar-refractivity contribution in [1.82, 2.24) is 9.97 Å². The Morgan fingerprint density at radius 3 is 2.75 bits per heavy atom. The molecule has 0 fully saturated rings. The first-order chi connectivity index (χ1) is 7.49. The van der Waals surface area contributed by atoms with Gasteiger partial charge in [-0.3, -0.25) is 4.72 Å². The van der Waals surface area contributed by atoms with E-state index in [1.165, 1.54) is 17.5 Å². The third-order valence-electron chi connectivity index (χ3n) is 1.63. The molecule has 5 nitrogen and oxygen atoms in total. The van der Waals surface area contributed by atoms with E-state index in [2.05, 4.69) is 14.7 Å². The zero-order valence-corrected chi connectivity index (χ0v) is 11.2. The van der Waals surface area contributed by atoms with Gasteiger partial charge in [-0.15, -0.1) is 11.3 Å². The normalized spacial score (nSPS) is 11.6. The number of hydrogen-bond donors (Lipinski definition) is 1. The fraction of sp³-hybridized carbons (Fsp3) is 0.143. The predicted octanol–water partition coefficient (Wildman–Crippen LogP) is 2.36. The summed E-state index contributed by atoms with van der Waals surface area (Å²) >= 11 is 7.79. The third-order valence-corrected chi connectivity index (χ3v) is 5.65. The van der Waals surface area contributed by atoms with Crippen LogP contribution in [0.15, 0.2) is 15.8 Å². The van der Waals surface area contributed by atoms with Crippen LogP contribution in [0.3, 0.4) is 0 Å². The van der Waals surface area contributed by atoms with E-state index in [4.69, 9.17) is 11.6 Å². The van der Waals surface area contributed by atoms with Gasteiger partial charge in [0.2, 0.25) is 0 Å². The second-order valence-corrected chi connectivity index (χ2v) is 7.14. The molecule has 2 heterocycles. The number of thiazole rings is 2. The minimum absolute atomic E-state index is 0.118. The molecule has 0 amide bonds. The second-order valence-electron chi connectivity index (χ2n) is 2.78. The van der Waals surface area contributed by atoms with Gasteiger partial charge in [-0.25, -0.2) is 18.4 Å². The van der Waals surface area contributed by atoms with Gasteiger partial charge < -0.3 is 0 Å². The average Bonchev–Trinajstić information content (AvgIpc) is 2.75. The summed E-state index contributed by atoms with van der Waals surface area (Å²) in [6.45, 7) is 1.60. The van der Waals surface area contributed by atoms with Crippen LogP contribution in [0.25, 0.3) is 0 Å². The van der Waals surface area contributed by atoms with Gasteiger partial charge in [-0.1, -0.05) is 22.9 Å². The number of nitrogens with zero attached hydrogens (tertiary/aromatic N) is 2. The highest BCUT2D eigenvalue weighted by Gasteiger charge is 2.22. The highest BCUT2D eigenvalue weighted by molar-refractivity contribution is 7.95. The van der Waals surface area contributed by atoms with E-state index >= 15 is 0 Å². The van der Waals surface area contributed by atoms with Gasteiger partial charge in [0.05, 0.1) is 5.69 Å². The summed E-state index contributed by atoms with van der Waals surface area (Å²) in [5.41, 5.74) is 0.388. The van der Waals surface area contributed by atoms with Crippen molar-refractivity contribution in [1.29, 1.82) is 0 Å². The topological polar surface area (TPSA) is 72.0 Å². The lowest BCUT2D eigenvalue weighted by molar-refractivity contribution is 0.602. The molecular weight excluding hydrogens is 290 g/mol. The molecule has 2 rings (SSSR count). The van der Waals surface area contributed by atoms with Crippen LogP contribution in [0.5, 0.6) is 0 Å². The number of hydrogen-bond acceptors (Lipinski definition) is 6. The quantitative estimate of drug-likeness (QED) is 0.943. The molecule has 0 aromatic carbocycles. The van der Waals surface area contributed by atoms with Crippen LogP contribution in [0.4, 0.5) is 5.13 Å². The van der Waals surface area contributed by atoms with E-state index in [0.717, 1.165) is 11.3 Å². The van der Waals surface area contributed by atoms with E-state index in [-0.39, 0.29) is 8.68 Å². The van der Waals surface area contributed by atoms with E-state index < -0.39 is 10.0 Å². The number of aromatic nitrogens is 2. The summed E-state index contributed by atoms with van der Waals surface area (Å²) in [5, 5.41) is 2.01. The molecule has 0 bridgehead atoms. The monoisotopic (exact) mass is 295 g/mol. The van der Waals surface area contributed by atoms with Crippen LogP contribution >= 0.6 is 34.3 Å². The molecule has 0 atom stereocenters. The lowest BCUT2D eigenvalue weighted by Gasteiger charge is -2.02. The highest BCUT2D eigenvalue weighted by atomic mass is 35.5. The molecule has 1 N–H and O–H groups in total. The molecule has 2 aromatic rings. The fourth-order valence-electron chi connectivity index (χ4n) is 1.04. The van der Waals surface area contributed by atoms with Gasteiger partial charge in [0, 0.05) is 11.6 Å². The number of rotatable bonds is 3. The van der Waals surface area contributed by atoms with Gasteiger partial charge in [0.25, 0.3) is 10.0 Å². The largest absolute Gasteiger partial charge is 0.275 e. The summed E-state index contributed by atoms with van der Waals surface area (Å²) in [5.74, 6) is 0. The molecule has 2 aromatic heterocycles. The molecule has 0 spiro atoms. The lowest BCUT2D eigenvalue weighted by Crippen LogP contribution is -2.12.